The van der Waals surface area contributed by atoms with Gasteiger partial charge < -0.3 is 14.5 Å². The molecule has 5 aliphatic rings. The molecule has 1 amide bonds. The SMILES string of the molecule is O=C(COC(=O)c1c2c(nc3ccccc13)C(=Cc1ccco1)CCC2)NC12CC3CC(CC(C3)C1)C2. The smallest absolute Gasteiger partial charge is 0.339 e. The number of carbonyl (C=O) groups excluding carboxylic acids is 2. The number of hydrogen-bond acceptors (Lipinski definition) is 5. The Bertz CT molecular complexity index is 1370. The van der Waals surface area contributed by atoms with E-state index >= 15 is 0 Å². The van der Waals surface area contributed by atoms with Crippen molar-refractivity contribution in [2.75, 3.05) is 6.61 Å². The third-order valence-corrected chi connectivity index (χ3v) is 9.01. The topological polar surface area (TPSA) is 81.4 Å². The highest BCUT2D eigenvalue weighted by Gasteiger charge is 2.51. The Morgan fingerprint density at radius 2 is 1.78 bits per heavy atom. The molecule has 0 unspecified atom stereocenters. The number of amides is 1. The number of esters is 1. The number of nitrogens with zero attached hydrogens (tertiary/aromatic N) is 1. The largest absolute Gasteiger partial charge is 0.465 e. The van der Waals surface area contributed by atoms with E-state index in [1.165, 1.54) is 19.3 Å². The predicted octanol–water partition coefficient (Wildman–Crippen LogP) is 5.95. The molecule has 0 aliphatic heterocycles. The minimum atomic E-state index is -0.449. The number of pyridine rings is 1. The summed E-state index contributed by atoms with van der Waals surface area (Å²) < 4.78 is 11.2. The fourth-order valence-corrected chi connectivity index (χ4v) is 8.05. The number of benzene rings is 1. The second kappa shape index (κ2) is 8.86. The molecule has 0 radical (unpaired) electrons. The number of para-hydroxylation sites is 1. The molecule has 5 aliphatic carbocycles. The van der Waals surface area contributed by atoms with E-state index in [1.54, 1.807) is 6.26 Å². The molecule has 0 atom stereocenters. The van der Waals surface area contributed by atoms with Gasteiger partial charge in [-0.15, -0.1) is 0 Å². The van der Waals surface area contributed by atoms with Gasteiger partial charge in [0.1, 0.15) is 5.76 Å². The van der Waals surface area contributed by atoms with Crippen molar-refractivity contribution in [1.29, 1.82) is 0 Å². The minimum absolute atomic E-state index is 0.0910. The van der Waals surface area contributed by atoms with Gasteiger partial charge in [-0.1, -0.05) is 18.2 Å². The summed E-state index contributed by atoms with van der Waals surface area (Å²) in [6.45, 7) is -0.249. The number of nitrogens with one attached hydrogen (secondary N) is 1. The second-order valence-corrected chi connectivity index (χ2v) is 11.7. The molecule has 1 aromatic carbocycles. The summed E-state index contributed by atoms with van der Waals surface area (Å²) in [5, 5.41) is 4.09. The zero-order valence-electron chi connectivity index (χ0n) is 21.0. The van der Waals surface area contributed by atoms with Crippen LogP contribution in [-0.4, -0.2) is 29.0 Å². The van der Waals surface area contributed by atoms with Crippen molar-refractivity contribution < 1.29 is 18.7 Å². The Morgan fingerprint density at radius 1 is 1.03 bits per heavy atom. The van der Waals surface area contributed by atoms with E-state index < -0.39 is 5.97 Å². The highest BCUT2D eigenvalue weighted by Crippen LogP contribution is 2.55. The van der Waals surface area contributed by atoms with E-state index in [4.69, 9.17) is 14.1 Å². The molecule has 0 saturated heterocycles. The number of ether oxygens (including phenoxy) is 1. The molecule has 4 saturated carbocycles. The zero-order chi connectivity index (χ0) is 25.0. The Kier molecular flexibility index (Phi) is 5.45. The molecule has 4 fully saturated rings. The lowest BCUT2D eigenvalue weighted by molar-refractivity contribution is -0.130. The van der Waals surface area contributed by atoms with E-state index in [2.05, 4.69) is 5.32 Å². The maximum absolute atomic E-state index is 13.6. The fourth-order valence-electron chi connectivity index (χ4n) is 8.05. The van der Waals surface area contributed by atoms with E-state index in [9.17, 15) is 9.59 Å². The van der Waals surface area contributed by atoms with Crippen molar-refractivity contribution in [1.82, 2.24) is 10.3 Å². The summed E-state index contributed by atoms with van der Waals surface area (Å²) in [6, 6.07) is 11.5. The monoisotopic (exact) mass is 496 g/mol. The van der Waals surface area contributed by atoms with E-state index in [0.717, 1.165) is 89.8 Å². The van der Waals surface area contributed by atoms with Gasteiger partial charge in [0.05, 0.1) is 23.0 Å². The summed E-state index contributed by atoms with van der Waals surface area (Å²) in [4.78, 5) is 31.5. The number of rotatable bonds is 5. The van der Waals surface area contributed by atoms with Gasteiger partial charge >= 0.3 is 5.97 Å². The van der Waals surface area contributed by atoms with Crippen LogP contribution in [0.15, 0.2) is 47.1 Å². The summed E-state index contributed by atoms with van der Waals surface area (Å²) in [5.74, 6) is 2.37. The molecule has 4 bridgehead atoms. The summed E-state index contributed by atoms with van der Waals surface area (Å²) in [6.07, 6.45) is 13.4. The third-order valence-electron chi connectivity index (χ3n) is 9.01. The summed E-state index contributed by atoms with van der Waals surface area (Å²) >= 11 is 0. The summed E-state index contributed by atoms with van der Waals surface area (Å²) in [5.41, 5.74) is 3.97. The number of allylic oxidation sites excluding steroid dienone is 1. The van der Waals surface area contributed by atoms with Crippen LogP contribution in [0, 0.1) is 17.8 Å². The van der Waals surface area contributed by atoms with Crippen LogP contribution in [0.2, 0.25) is 0 Å². The fraction of sp³-hybridized carbons (Fsp3) is 0.452. The molecule has 1 N–H and O–H groups in total. The minimum Gasteiger partial charge on any atom is -0.465 e. The Balaban J connectivity index is 1.15. The molecule has 8 rings (SSSR count). The molecule has 6 nitrogen and oxygen atoms in total. The lowest BCUT2D eigenvalue weighted by Crippen LogP contribution is -2.60. The second-order valence-electron chi connectivity index (χ2n) is 11.7. The first-order valence-electron chi connectivity index (χ1n) is 13.7. The molecule has 2 aromatic heterocycles. The Labute approximate surface area is 216 Å². The molecular weight excluding hydrogens is 464 g/mol. The Hall–Kier alpha value is -3.41. The van der Waals surface area contributed by atoms with Gasteiger partial charge in [-0.3, -0.25) is 4.79 Å². The van der Waals surface area contributed by atoms with Crippen LogP contribution in [0.5, 0.6) is 0 Å². The third kappa shape index (κ3) is 4.16. The van der Waals surface area contributed by atoms with Crippen LogP contribution in [0.25, 0.3) is 22.6 Å². The van der Waals surface area contributed by atoms with Crippen LogP contribution < -0.4 is 5.32 Å². The first-order chi connectivity index (χ1) is 18.1. The van der Waals surface area contributed by atoms with E-state index in [0.29, 0.717) is 5.56 Å². The Morgan fingerprint density at radius 3 is 2.51 bits per heavy atom. The van der Waals surface area contributed by atoms with Gasteiger partial charge in [-0.05, 0) is 111 Å². The molecule has 190 valence electrons. The van der Waals surface area contributed by atoms with Crippen molar-refractivity contribution in [2.45, 2.75) is 63.3 Å². The quantitative estimate of drug-likeness (QED) is 0.442. The number of hydrogen-bond donors (Lipinski definition) is 1. The van der Waals surface area contributed by atoms with Crippen molar-refractivity contribution in [3.8, 4) is 0 Å². The van der Waals surface area contributed by atoms with Gasteiger partial charge in [0.25, 0.3) is 5.91 Å². The molecule has 3 aromatic rings. The molecular formula is C31H32N2O4. The maximum atomic E-state index is 13.6. The van der Waals surface area contributed by atoms with E-state index in [-0.39, 0.29) is 18.1 Å². The number of furan rings is 1. The normalized spacial score (nSPS) is 28.9. The summed E-state index contributed by atoms with van der Waals surface area (Å²) in [7, 11) is 0. The molecule has 6 heteroatoms. The maximum Gasteiger partial charge on any atom is 0.339 e. The van der Waals surface area contributed by atoms with E-state index in [1.807, 2.05) is 42.5 Å². The van der Waals surface area contributed by atoms with Crippen LogP contribution in [0.4, 0.5) is 0 Å². The predicted molar refractivity (Wildman–Crippen MR) is 141 cm³/mol. The van der Waals surface area contributed by atoms with Crippen molar-refractivity contribution in [2.24, 2.45) is 17.8 Å². The highest BCUT2D eigenvalue weighted by atomic mass is 16.5. The molecule has 37 heavy (non-hydrogen) atoms. The average Bonchev–Trinajstić information content (AvgIpc) is 3.38. The van der Waals surface area contributed by atoms with Gasteiger partial charge in [0.2, 0.25) is 0 Å². The van der Waals surface area contributed by atoms with Gasteiger partial charge in [-0.2, -0.15) is 0 Å². The van der Waals surface area contributed by atoms with Crippen LogP contribution in [-0.2, 0) is 16.0 Å². The van der Waals surface area contributed by atoms with Crippen LogP contribution >= 0.6 is 0 Å². The van der Waals surface area contributed by atoms with Crippen LogP contribution in [0.1, 0.15) is 78.7 Å². The zero-order valence-corrected chi connectivity index (χ0v) is 21.0. The van der Waals surface area contributed by atoms with Gasteiger partial charge in [-0.25, -0.2) is 9.78 Å². The van der Waals surface area contributed by atoms with Crippen molar-refractivity contribution in [3.63, 3.8) is 0 Å². The molecule has 2 heterocycles. The highest BCUT2D eigenvalue weighted by molar-refractivity contribution is 6.07. The van der Waals surface area contributed by atoms with Crippen molar-refractivity contribution in [3.05, 3.63) is 65.2 Å². The molecule has 0 spiro atoms. The average molecular weight is 497 g/mol. The number of carbonyl (C=O) groups is 2. The lowest BCUT2D eigenvalue weighted by atomic mass is 9.53. The first-order valence-corrected chi connectivity index (χ1v) is 13.7. The number of fused-ring (bicyclic) bond motifs is 2. The van der Waals surface area contributed by atoms with Gasteiger partial charge in [0.15, 0.2) is 6.61 Å². The lowest BCUT2D eigenvalue weighted by Gasteiger charge is -2.56. The van der Waals surface area contributed by atoms with Gasteiger partial charge in [0, 0.05) is 10.9 Å². The number of aromatic nitrogens is 1. The van der Waals surface area contributed by atoms with Crippen molar-refractivity contribution >= 4 is 34.4 Å². The standard InChI is InChI=1S/C31H32N2O4/c34-27(33-31-15-19-11-20(16-31)13-21(12-19)17-31)18-37-30(35)28-24-7-1-2-9-26(24)32-29-22(5-3-8-25(28)29)14-23-6-4-10-36-23/h1-2,4,6-7,9-10,14,19-21H,3,5,8,11-13,15-18H2,(H,33,34). The first kappa shape index (κ1) is 22.8. The van der Waals surface area contributed by atoms with Crippen LogP contribution in [0.3, 0.4) is 0 Å².